The molecule has 0 radical (unpaired) electrons. The fraction of sp³-hybridized carbons (Fsp3) is 0.800. The lowest BCUT2D eigenvalue weighted by molar-refractivity contribution is -0.140. The van der Waals surface area contributed by atoms with Crippen LogP contribution in [0.4, 0.5) is 0 Å². The lowest BCUT2D eigenvalue weighted by Crippen LogP contribution is -2.10. The number of esters is 1. The van der Waals surface area contributed by atoms with Crippen molar-refractivity contribution in [1.82, 2.24) is 0 Å². The van der Waals surface area contributed by atoms with Crippen molar-refractivity contribution in [2.45, 2.75) is 6.92 Å². The highest BCUT2D eigenvalue weighted by Gasteiger charge is 2.21. The van der Waals surface area contributed by atoms with Crippen molar-refractivity contribution in [1.29, 1.82) is 0 Å². The Morgan fingerprint density at radius 1 is 1.73 bits per heavy atom. The smallest absolute Gasteiger partial charge is 0.315 e. The van der Waals surface area contributed by atoms with Gasteiger partial charge in [-0.15, -0.1) is 0 Å². The molecule has 0 aliphatic heterocycles. The van der Waals surface area contributed by atoms with Gasteiger partial charge in [0.1, 0.15) is 6.16 Å². The first-order valence-corrected chi connectivity index (χ1v) is 6.19. The number of carbonyl (C=O) groups is 1. The fourth-order valence-electron chi connectivity index (χ4n) is 0.451. The van der Waals surface area contributed by atoms with Gasteiger partial charge in [-0.05, 0) is 6.92 Å². The molecule has 66 valence electrons. The van der Waals surface area contributed by atoms with E-state index in [0.29, 0.717) is 0 Å². The average Bonchev–Trinajstić information content (AvgIpc) is 1.87. The maximum Gasteiger partial charge on any atom is 0.315 e. The first-order chi connectivity index (χ1) is 5.02. The van der Waals surface area contributed by atoms with Crippen molar-refractivity contribution in [3.63, 3.8) is 0 Å². The van der Waals surface area contributed by atoms with E-state index in [2.05, 4.69) is 20.7 Å². The molecule has 0 aromatic heterocycles. The van der Waals surface area contributed by atoms with Gasteiger partial charge in [0.15, 0.2) is 0 Å². The van der Waals surface area contributed by atoms with Crippen LogP contribution < -0.4 is 0 Å². The molecule has 0 amide bonds. The van der Waals surface area contributed by atoms with E-state index in [4.69, 9.17) is 4.89 Å². The summed E-state index contributed by atoms with van der Waals surface area (Å²) in [7, 11) is -3.32. The number of alkyl halides is 1. The number of rotatable bonds is 4. The molecular formula is C5H10BrO4P. The zero-order valence-electron chi connectivity index (χ0n) is 6.12. The first kappa shape index (κ1) is 11.1. The highest BCUT2D eigenvalue weighted by atomic mass is 79.9. The topological polar surface area (TPSA) is 63.6 Å². The van der Waals surface area contributed by atoms with Crippen LogP contribution in [0.25, 0.3) is 0 Å². The highest BCUT2D eigenvalue weighted by Crippen LogP contribution is 2.41. The van der Waals surface area contributed by atoms with E-state index in [1.165, 1.54) is 0 Å². The third-order valence-corrected chi connectivity index (χ3v) is 4.35. The molecular weight excluding hydrogens is 235 g/mol. The minimum absolute atomic E-state index is 0.0706. The molecule has 0 aromatic rings. The predicted octanol–water partition coefficient (Wildman–Crippen LogP) is 1.17. The predicted molar refractivity (Wildman–Crippen MR) is 45.1 cm³/mol. The lowest BCUT2D eigenvalue weighted by Gasteiger charge is -2.06. The third kappa shape index (κ3) is 5.41. The van der Waals surface area contributed by atoms with Gasteiger partial charge in [-0.25, -0.2) is 0 Å². The summed E-state index contributed by atoms with van der Waals surface area (Å²) in [6.07, 6.45) is -0.411. The van der Waals surface area contributed by atoms with E-state index in [9.17, 15) is 9.36 Å². The quantitative estimate of drug-likeness (QED) is 0.458. The Morgan fingerprint density at radius 3 is 2.64 bits per heavy atom. The molecule has 1 atom stereocenters. The van der Waals surface area contributed by atoms with Gasteiger partial charge < -0.3 is 9.63 Å². The van der Waals surface area contributed by atoms with Crippen molar-refractivity contribution in [2.24, 2.45) is 0 Å². The van der Waals surface area contributed by atoms with Crippen molar-refractivity contribution < 1.29 is 19.0 Å². The standard InChI is InChI=1S/C5H10BrO4P/c1-2-10-5(7)3-11(8,9)4-6/h2-4H2,1H3,(H,8,9). The number of ether oxygens (including phenoxy) is 1. The van der Waals surface area contributed by atoms with Crippen LogP contribution in [0.2, 0.25) is 0 Å². The van der Waals surface area contributed by atoms with E-state index < -0.39 is 19.5 Å². The maximum absolute atomic E-state index is 10.9. The van der Waals surface area contributed by atoms with Gasteiger partial charge in [0.05, 0.1) is 11.7 Å². The summed E-state index contributed by atoms with van der Waals surface area (Å²) in [6, 6.07) is 0. The molecule has 0 rings (SSSR count). The molecule has 4 nitrogen and oxygen atoms in total. The highest BCUT2D eigenvalue weighted by molar-refractivity contribution is 9.10. The van der Waals surface area contributed by atoms with Crippen molar-refractivity contribution in [3.05, 3.63) is 0 Å². The largest absolute Gasteiger partial charge is 0.466 e. The Hall–Kier alpha value is 0.140. The summed E-state index contributed by atoms with van der Waals surface area (Å²) in [5, 5.41) is -0.0706. The summed E-state index contributed by atoms with van der Waals surface area (Å²) in [6.45, 7) is 1.88. The number of halogens is 1. The lowest BCUT2D eigenvalue weighted by atomic mass is 10.8. The summed E-state index contributed by atoms with van der Waals surface area (Å²) in [4.78, 5) is 19.6. The molecule has 1 unspecified atom stereocenters. The van der Waals surface area contributed by atoms with Crippen LogP contribution in [0.15, 0.2) is 0 Å². The minimum atomic E-state index is -3.32. The van der Waals surface area contributed by atoms with E-state index in [1.54, 1.807) is 6.92 Å². The number of hydrogen-bond donors (Lipinski definition) is 1. The van der Waals surface area contributed by atoms with Gasteiger partial charge in [0, 0.05) is 0 Å². The van der Waals surface area contributed by atoms with Gasteiger partial charge in [0.2, 0.25) is 7.37 Å². The van der Waals surface area contributed by atoms with Gasteiger partial charge in [-0.2, -0.15) is 0 Å². The van der Waals surface area contributed by atoms with E-state index in [-0.39, 0.29) is 11.7 Å². The van der Waals surface area contributed by atoms with Crippen molar-refractivity contribution in [3.8, 4) is 0 Å². The van der Waals surface area contributed by atoms with Crippen molar-refractivity contribution in [2.75, 3.05) is 17.8 Å². The normalized spacial score (nSPS) is 15.5. The summed E-state index contributed by atoms with van der Waals surface area (Å²) in [5.74, 6) is -0.627. The Morgan fingerprint density at radius 2 is 2.27 bits per heavy atom. The Labute approximate surface area is 73.5 Å². The monoisotopic (exact) mass is 244 g/mol. The molecule has 0 fully saturated rings. The molecule has 0 heterocycles. The van der Waals surface area contributed by atoms with Gasteiger partial charge >= 0.3 is 5.97 Å². The second-order valence-corrected chi connectivity index (χ2v) is 5.68. The van der Waals surface area contributed by atoms with Gasteiger partial charge in [-0.1, -0.05) is 15.9 Å². The van der Waals surface area contributed by atoms with Gasteiger partial charge in [-0.3, -0.25) is 9.36 Å². The zero-order chi connectivity index (χ0) is 8.91. The second-order valence-electron chi connectivity index (χ2n) is 1.93. The first-order valence-electron chi connectivity index (χ1n) is 3.04. The Kier molecular flexibility index (Phi) is 4.97. The van der Waals surface area contributed by atoms with Gasteiger partial charge in [0.25, 0.3) is 0 Å². The number of carbonyl (C=O) groups excluding carboxylic acids is 1. The molecule has 0 aliphatic rings. The molecule has 0 saturated carbocycles. The average molecular weight is 245 g/mol. The SMILES string of the molecule is CCOC(=O)CP(=O)(O)CBr. The summed E-state index contributed by atoms with van der Waals surface area (Å²) in [5.41, 5.74) is 0. The molecule has 0 aromatic carbocycles. The molecule has 0 spiro atoms. The van der Waals surface area contributed by atoms with Crippen LogP contribution in [0.5, 0.6) is 0 Å². The third-order valence-electron chi connectivity index (χ3n) is 0.868. The van der Waals surface area contributed by atoms with Crippen LogP contribution in [-0.2, 0) is 14.1 Å². The molecule has 1 N–H and O–H groups in total. The fourth-order valence-corrected chi connectivity index (χ4v) is 1.56. The molecule has 0 saturated heterocycles. The van der Waals surface area contributed by atoms with Crippen LogP contribution >= 0.6 is 23.3 Å². The van der Waals surface area contributed by atoms with E-state index in [0.717, 1.165) is 0 Å². The number of hydrogen-bond acceptors (Lipinski definition) is 3. The van der Waals surface area contributed by atoms with Crippen LogP contribution in [-0.4, -0.2) is 28.7 Å². The molecule has 11 heavy (non-hydrogen) atoms. The van der Waals surface area contributed by atoms with Crippen LogP contribution in [0.3, 0.4) is 0 Å². The zero-order valence-corrected chi connectivity index (χ0v) is 8.60. The maximum atomic E-state index is 10.9. The second kappa shape index (κ2) is 4.91. The molecule has 6 heteroatoms. The van der Waals surface area contributed by atoms with E-state index in [1.807, 2.05) is 0 Å². The van der Waals surface area contributed by atoms with E-state index >= 15 is 0 Å². The Balaban J connectivity index is 3.84. The molecule has 0 aliphatic carbocycles. The van der Waals surface area contributed by atoms with Crippen LogP contribution in [0.1, 0.15) is 6.92 Å². The van der Waals surface area contributed by atoms with Crippen molar-refractivity contribution >= 4 is 29.3 Å². The molecule has 0 bridgehead atoms. The Bertz CT molecular complexity index is 181. The minimum Gasteiger partial charge on any atom is -0.466 e. The summed E-state index contributed by atoms with van der Waals surface area (Å²) < 4.78 is 15.4. The van der Waals surface area contributed by atoms with Crippen LogP contribution in [0, 0.1) is 0 Å². The summed E-state index contributed by atoms with van der Waals surface area (Å²) >= 11 is 2.83.